The highest BCUT2D eigenvalue weighted by Crippen LogP contribution is 2.34. The van der Waals surface area contributed by atoms with E-state index < -0.39 is 0 Å². The van der Waals surface area contributed by atoms with E-state index in [2.05, 4.69) is 47.1 Å². The van der Waals surface area contributed by atoms with E-state index in [-0.39, 0.29) is 12.0 Å². The Morgan fingerprint density at radius 1 is 1.33 bits per heavy atom. The molecular formula is C22H33N3O2. The van der Waals surface area contributed by atoms with Gasteiger partial charge >= 0.3 is 0 Å². The van der Waals surface area contributed by atoms with Crippen molar-refractivity contribution in [1.29, 1.82) is 0 Å². The number of nitrogens with one attached hydrogen (secondary N) is 1. The molecule has 27 heavy (non-hydrogen) atoms. The van der Waals surface area contributed by atoms with Gasteiger partial charge in [-0.15, -0.1) is 0 Å². The van der Waals surface area contributed by atoms with Crippen LogP contribution in [0.2, 0.25) is 0 Å². The largest absolute Gasteiger partial charge is 0.497 e. The van der Waals surface area contributed by atoms with Gasteiger partial charge in [0.1, 0.15) is 5.75 Å². The van der Waals surface area contributed by atoms with Crippen molar-refractivity contribution in [2.24, 2.45) is 11.3 Å². The highest BCUT2D eigenvalue weighted by atomic mass is 16.5. The Kier molecular flexibility index (Phi) is 6.55. The molecule has 3 rings (SSSR count). The molecule has 1 fully saturated rings. The van der Waals surface area contributed by atoms with Crippen molar-refractivity contribution in [1.82, 2.24) is 15.1 Å². The zero-order valence-corrected chi connectivity index (χ0v) is 16.9. The summed E-state index contributed by atoms with van der Waals surface area (Å²) in [5, 5.41) is 17.9. The summed E-state index contributed by atoms with van der Waals surface area (Å²) >= 11 is 0. The summed E-state index contributed by atoms with van der Waals surface area (Å²) < 4.78 is 5.36. The van der Waals surface area contributed by atoms with Gasteiger partial charge < -0.3 is 9.84 Å². The maximum absolute atomic E-state index is 10.2. The van der Waals surface area contributed by atoms with Gasteiger partial charge in [0.05, 0.1) is 19.4 Å². The predicted octanol–water partition coefficient (Wildman–Crippen LogP) is 3.43. The maximum Gasteiger partial charge on any atom is 0.119 e. The van der Waals surface area contributed by atoms with Crippen LogP contribution in [0.25, 0.3) is 0 Å². The number of aromatic nitrogens is 2. The van der Waals surface area contributed by atoms with Crippen LogP contribution in [0.4, 0.5) is 0 Å². The average molecular weight is 372 g/mol. The van der Waals surface area contributed by atoms with Crippen molar-refractivity contribution in [2.75, 3.05) is 26.8 Å². The summed E-state index contributed by atoms with van der Waals surface area (Å²) in [5.41, 5.74) is 3.44. The first-order chi connectivity index (χ1) is 13.0. The number of methoxy groups -OCH3 is 1. The molecule has 0 saturated carbocycles. The van der Waals surface area contributed by atoms with Crippen molar-refractivity contribution >= 4 is 0 Å². The summed E-state index contributed by atoms with van der Waals surface area (Å²) in [7, 11) is 1.70. The molecule has 5 nitrogen and oxygen atoms in total. The van der Waals surface area contributed by atoms with Gasteiger partial charge in [0.15, 0.2) is 0 Å². The number of rotatable bonds is 8. The van der Waals surface area contributed by atoms with Crippen molar-refractivity contribution < 1.29 is 9.84 Å². The third kappa shape index (κ3) is 5.33. The molecule has 1 aromatic carbocycles. The molecule has 0 spiro atoms. The zero-order chi connectivity index (χ0) is 19.3. The van der Waals surface area contributed by atoms with Crippen LogP contribution in [0.5, 0.6) is 5.75 Å². The van der Waals surface area contributed by atoms with Crippen molar-refractivity contribution in [3.63, 3.8) is 0 Å². The van der Waals surface area contributed by atoms with E-state index in [1.807, 2.05) is 12.1 Å². The Balaban J connectivity index is 1.66. The molecule has 0 aliphatic carbocycles. The van der Waals surface area contributed by atoms with Crippen molar-refractivity contribution in [2.45, 2.75) is 46.1 Å². The highest BCUT2D eigenvalue weighted by Gasteiger charge is 2.35. The van der Waals surface area contributed by atoms with Crippen LogP contribution in [0.1, 0.15) is 43.6 Å². The van der Waals surface area contributed by atoms with Gasteiger partial charge in [0.2, 0.25) is 0 Å². The standard InChI is InChI=1S/C22H33N3O2/c1-17(2)10-19-12-20(24-23-19)14-25-9-5-8-22(15-25,16-26)13-18-6-4-7-21(11-18)27-3/h4,6-7,11-12,17,26H,5,8-10,13-16H2,1-3H3,(H,23,24). The quantitative estimate of drug-likeness (QED) is 0.746. The molecule has 148 valence electrons. The van der Waals surface area contributed by atoms with E-state index in [9.17, 15) is 5.11 Å². The van der Waals surface area contributed by atoms with Gasteiger partial charge in [-0.2, -0.15) is 5.10 Å². The molecule has 2 N–H and O–H groups in total. The molecule has 0 radical (unpaired) electrons. The third-order valence-corrected chi connectivity index (χ3v) is 5.48. The number of hydrogen-bond donors (Lipinski definition) is 2. The van der Waals surface area contributed by atoms with Crippen LogP contribution < -0.4 is 4.74 Å². The number of aromatic amines is 1. The number of aliphatic hydroxyl groups is 1. The fourth-order valence-corrected chi connectivity index (χ4v) is 4.24. The summed E-state index contributed by atoms with van der Waals surface area (Å²) in [5.74, 6) is 1.49. The summed E-state index contributed by atoms with van der Waals surface area (Å²) in [6, 6.07) is 10.4. The molecule has 1 atom stereocenters. The Morgan fingerprint density at radius 2 is 2.19 bits per heavy atom. The lowest BCUT2D eigenvalue weighted by Crippen LogP contribution is -2.46. The van der Waals surface area contributed by atoms with Gasteiger partial charge in [-0.1, -0.05) is 26.0 Å². The smallest absolute Gasteiger partial charge is 0.119 e. The van der Waals surface area contributed by atoms with Crippen LogP contribution in [-0.4, -0.2) is 47.0 Å². The Bertz CT molecular complexity index is 728. The van der Waals surface area contributed by atoms with Crippen LogP contribution in [0, 0.1) is 11.3 Å². The van der Waals surface area contributed by atoms with E-state index in [0.29, 0.717) is 5.92 Å². The van der Waals surface area contributed by atoms with Crippen LogP contribution in [0.3, 0.4) is 0 Å². The molecule has 0 amide bonds. The number of H-pyrrole nitrogens is 1. The summed E-state index contributed by atoms with van der Waals surface area (Å²) in [6.45, 7) is 7.48. The second kappa shape index (κ2) is 8.89. The minimum atomic E-state index is -0.0919. The van der Waals surface area contributed by atoms with Crippen molar-refractivity contribution in [3.8, 4) is 5.75 Å². The van der Waals surface area contributed by atoms with Gasteiger partial charge in [-0.3, -0.25) is 10.00 Å². The Labute approximate surface area is 162 Å². The number of nitrogens with zero attached hydrogens (tertiary/aromatic N) is 2. The molecule has 1 aromatic heterocycles. The fraction of sp³-hybridized carbons (Fsp3) is 0.591. The average Bonchev–Trinajstić information content (AvgIpc) is 3.08. The van der Waals surface area contributed by atoms with E-state index in [4.69, 9.17) is 4.74 Å². The number of ether oxygens (including phenoxy) is 1. The summed E-state index contributed by atoms with van der Waals surface area (Å²) in [6.07, 6.45) is 4.04. The first-order valence-electron chi connectivity index (χ1n) is 10.0. The number of hydrogen-bond acceptors (Lipinski definition) is 4. The van der Waals surface area contributed by atoms with Crippen LogP contribution >= 0.6 is 0 Å². The number of piperidine rings is 1. The Hall–Kier alpha value is -1.85. The molecular weight excluding hydrogens is 338 g/mol. The zero-order valence-electron chi connectivity index (χ0n) is 16.9. The van der Waals surface area contributed by atoms with Gasteiger partial charge in [0, 0.05) is 24.2 Å². The molecule has 1 aliphatic rings. The first-order valence-corrected chi connectivity index (χ1v) is 10.0. The molecule has 2 aromatic rings. The van der Waals surface area contributed by atoms with Gasteiger partial charge in [0.25, 0.3) is 0 Å². The number of aliphatic hydroxyl groups excluding tert-OH is 1. The predicted molar refractivity (Wildman–Crippen MR) is 108 cm³/mol. The summed E-state index contributed by atoms with van der Waals surface area (Å²) in [4.78, 5) is 2.45. The monoisotopic (exact) mass is 371 g/mol. The molecule has 2 heterocycles. The van der Waals surface area contributed by atoms with Crippen LogP contribution in [0.15, 0.2) is 30.3 Å². The van der Waals surface area contributed by atoms with E-state index in [1.165, 1.54) is 11.3 Å². The SMILES string of the molecule is COc1cccc(CC2(CO)CCCN(Cc3cc(CC(C)C)n[nH]3)C2)c1. The normalized spacial score (nSPS) is 20.9. The van der Waals surface area contributed by atoms with Gasteiger partial charge in [-0.25, -0.2) is 0 Å². The molecule has 0 bridgehead atoms. The number of benzene rings is 1. The van der Waals surface area contributed by atoms with E-state index >= 15 is 0 Å². The molecule has 1 unspecified atom stereocenters. The van der Waals surface area contributed by atoms with E-state index in [1.54, 1.807) is 7.11 Å². The molecule has 1 aliphatic heterocycles. The van der Waals surface area contributed by atoms with Crippen molar-refractivity contribution in [3.05, 3.63) is 47.3 Å². The molecule has 1 saturated heterocycles. The lowest BCUT2D eigenvalue weighted by Gasteiger charge is -2.42. The van der Waals surface area contributed by atoms with Gasteiger partial charge in [-0.05, 0) is 61.9 Å². The molecule has 5 heteroatoms. The second-order valence-corrected chi connectivity index (χ2v) is 8.48. The minimum Gasteiger partial charge on any atom is -0.497 e. The lowest BCUT2D eigenvalue weighted by molar-refractivity contribution is 0.0283. The maximum atomic E-state index is 10.2. The minimum absolute atomic E-state index is 0.0919. The second-order valence-electron chi connectivity index (χ2n) is 8.48. The topological polar surface area (TPSA) is 61.4 Å². The fourth-order valence-electron chi connectivity index (χ4n) is 4.24. The van der Waals surface area contributed by atoms with E-state index in [0.717, 1.165) is 56.8 Å². The first kappa shape index (κ1) is 19.9. The highest BCUT2D eigenvalue weighted by molar-refractivity contribution is 5.29. The number of likely N-dealkylation sites (tertiary alicyclic amines) is 1. The Morgan fingerprint density at radius 3 is 2.93 bits per heavy atom. The third-order valence-electron chi connectivity index (χ3n) is 5.48. The lowest BCUT2D eigenvalue weighted by atomic mass is 9.75. The van der Waals surface area contributed by atoms with Crippen LogP contribution in [-0.2, 0) is 19.4 Å².